The van der Waals surface area contributed by atoms with E-state index in [1.54, 1.807) is 0 Å². The van der Waals surface area contributed by atoms with Gasteiger partial charge in [0.15, 0.2) is 0 Å². The van der Waals surface area contributed by atoms with E-state index in [-0.39, 0.29) is 10.8 Å². The summed E-state index contributed by atoms with van der Waals surface area (Å²) in [6, 6.07) is 37.8. The summed E-state index contributed by atoms with van der Waals surface area (Å²) in [5.74, 6) is 0. The molecule has 160 valence electrons. The van der Waals surface area contributed by atoms with E-state index in [0.717, 1.165) is 11.1 Å². The fourth-order valence-corrected chi connectivity index (χ4v) is 3.83. The van der Waals surface area contributed by atoms with Crippen molar-refractivity contribution < 1.29 is 0 Å². The maximum atomic E-state index is 3.74. The Hall–Kier alpha value is -3.12. The molecule has 0 atom stereocenters. The molecular formula is C32H32. The first kappa shape index (κ1) is 22.1. The maximum Gasteiger partial charge on any atom is -0.00581 e. The number of hydrogen-bond donors (Lipinski definition) is 0. The van der Waals surface area contributed by atoms with Gasteiger partial charge in [0.05, 0.1) is 0 Å². The Morgan fingerprint density at radius 1 is 0.438 bits per heavy atom. The summed E-state index contributed by atoms with van der Waals surface area (Å²) < 4.78 is 0. The van der Waals surface area contributed by atoms with Gasteiger partial charge < -0.3 is 0 Å². The Labute approximate surface area is 194 Å². The molecule has 0 aliphatic rings. The van der Waals surface area contributed by atoms with Crippen LogP contribution >= 0.6 is 0 Å². The molecule has 0 aliphatic heterocycles. The van der Waals surface area contributed by atoms with Crippen molar-refractivity contribution in [1.29, 1.82) is 0 Å². The third-order valence-corrected chi connectivity index (χ3v) is 5.86. The van der Waals surface area contributed by atoms with Gasteiger partial charge in [0.2, 0.25) is 0 Å². The molecule has 0 bridgehead atoms. The first-order chi connectivity index (χ1) is 15.1. The van der Waals surface area contributed by atoms with Crippen LogP contribution in [0.25, 0.3) is 33.4 Å². The van der Waals surface area contributed by atoms with E-state index in [0.29, 0.717) is 0 Å². The summed E-state index contributed by atoms with van der Waals surface area (Å²) in [6.07, 6.45) is 0. The SMILES string of the molecule is CC(C)(C)c1[c]c(-c2[c]c(C(C)(C)C)cc(-c3ccccc3)c2)cc(-c2ccccc2)c1. The number of benzene rings is 4. The highest BCUT2D eigenvalue weighted by Crippen LogP contribution is 2.36. The average Bonchev–Trinajstić information content (AvgIpc) is 2.78. The smallest absolute Gasteiger partial charge is 0.00581 e. The van der Waals surface area contributed by atoms with Gasteiger partial charge in [0.25, 0.3) is 0 Å². The van der Waals surface area contributed by atoms with E-state index in [2.05, 4.69) is 139 Å². The van der Waals surface area contributed by atoms with Gasteiger partial charge in [0.1, 0.15) is 0 Å². The first-order valence-corrected chi connectivity index (χ1v) is 11.4. The summed E-state index contributed by atoms with van der Waals surface area (Å²) in [5.41, 5.74) is 9.52. The predicted octanol–water partition coefficient (Wildman–Crippen LogP) is 8.88. The molecule has 0 heterocycles. The number of hydrogen-bond acceptors (Lipinski definition) is 0. The van der Waals surface area contributed by atoms with Crippen LogP contribution in [0.5, 0.6) is 0 Å². The highest BCUT2D eigenvalue weighted by molar-refractivity contribution is 5.78. The van der Waals surface area contributed by atoms with Crippen molar-refractivity contribution in [3.8, 4) is 33.4 Å². The van der Waals surface area contributed by atoms with Gasteiger partial charge in [-0.2, -0.15) is 0 Å². The quantitative estimate of drug-likeness (QED) is 0.313. The molecule has 0 saturated heterocycles. The molecule has 0 unspecified atom stereocenters. The molecule has 0 aromatic heterocycles. The highest BCUT2D eigenvalue weighted by Gasteiger charge is 2.20. The molecule has 0 nitrogen and oxygen atoms in total. The van der Waals surface area contributed by atoms with Crippen LogP contribution in [0.4, 0.5) is 0 Å². The van der Waals surface area contributed by atoms with Crippen LogP contribution in [0.3, 0.4) is 0 Å². The zero-order valence-electron chi connectivity index (χ0n) is 20.1. The van der Waals surface area contributed by atoms with Gasteiger partial charge in [-0.15, -0.1) is 0 Å². The number of rotatable bonds is 3. The third kappa shape index (κ3) is 4.86. The molecule has 0 amide bonds. The van der Waals surface area contributed by atoms with Crippen LogP contribution in [0.2, 0.25) is 0 Å². The maximum absolute atomic E-state index is 3.74. The van der Waals surface area contributed by atoms with E-state index in [9.17, 15) is 0 Å². The van der Waals surface area contributed by atoms with Crippen molar-refractivity contribution in [3.63, 3.8) is 0 Å². The molecule has 0 saturated carbocycles. The molecule has 4 rings (SSSR count). The van der Waals surface area contributed by atoms with Crippen molar-refractivity contribution in [2.24, 2.45) is 0 Å². The minimum absolute atomic E-state index is 0.00341. The molecule has 0 spiro atoms. The van der Waals surface area contributed by atoms with Crippen LogP contribution in [0, 0.1) is 12.1 Å². The molecule has 0 heteroatoms. The minimum Gasteiger partial charge on any atom is -0.0622 e. The Kier molecular flexibility index (Phi) is 5.82. The zero-order chi connectivity index (χ0) is 22.9. The van der Waals surface area contributed by atoms with Crippen LogP contribution in [-0.2, 0) is 10.8 Å². The molecule has 2 radical (unpaired) electrons. The van der Waals surface area contributed by atoms with E-state index in [1.165, 1.54) is 33.4 Å². The normalized spacial score (nSPS) is 12.1. The fraction of sp³-hybridized carbons (Fsp3) is 0.250. The Balaban J connectivity index is 1.96. The van der Waals surface area contributed by atoms with Gasteiger partial charge in [-0.05, 0) is 91.7 Å². The van der Waals surface area contributed by atoms with E-state index >= 15 is 0 Å². The van der Waals surface area contributed by atoms with Crippen LogP contribution in [0.1, 0.15) is 52.7 Å². The Bertz CT molecular complexity index is 1100. The molecule has 4 aromatic carbocycles. The monoisotopic (exact) mass is 416 g/mol. The van der Waals surface area contributed by atoms with Gasteiger partial charge in [-0.3, -0.25) is 0 Å². The Morgan fingerprint density at radius 2 is 0.781 bits per heavy atom. The standard InChI is InChI=1S/C32H32/c1-31(2,3)29-19-25(23-13-9-7-10-14-23)17-27(21-29)28-18-26(24-15-11-8-12-16-24)20-30(22-28)32(4,5)6/h7-20H,1-6H3. The lowest BCUT2D eigenvalue weighted by atomic mass is 9.81. The van der Waals surface area contributed by atoms with E-state index in [1.807, 2.05) is 0 Å². The molecule has 0 N–H and O–H groups in total. The lowest BCUT2D eigenvalue weighted by molar-refractivity contribution is 0.588. The first-order valence-electron chi connectivity index (χ1n) is 11.4. The predicted molar refractivity (Wildman–Crippen MR) is 138 cm³/mol. The fourth-order valence-electron chi connectivity index (χ4n) is 3.83. The highest BCUT2D eigenvalue weighted by atomic mass is 14.2. The second-order valence-electron chi connectivity index (χ2n) is 10.6. The second kappa shape index (κ2) is 8.43. The van der Waals surface area contributed by atoms with E-state index < -0.39 is 0 Å². The van der Waals surface area contributed by atoms with Crippen LogP contribution < -0.4 is 0 Å². The van der Waals surface area contributed by atoms with Crippen molar-refractivity contribution in [2.75, 3.05) is 0 Å². The lowest BCUT2D eigenvalue weighted by Crippen LogP contribution is -2.13. The van der Waals surface area contributed by atoms with Gasteiger partial charge in [0, 0.05) is 0 Å². The van der Waals surface area contributed by atoms with Crippen LogP contribution in [-0.4, -0.2) is 0 Å². The van der Waals surface area contributed by atoms with Crippen molar-refractivity contribution in [3.05, 3.63) is 108 Å². The van der Waals surface area contributed by atoms with Crippen LogP contribution in [0.15, 0.2) is 84.9 Å². The van der Waals surface area contributed by atoms with Crippen molar-refractivity contribution in [2.45, 2.75) is 52.4 Å². The summed E-state index contributed by atoms with van der Waals surface area (Å²) in [7, 11) is 0. The second-order valence-corrected chi connectivity index (χ2v) is 10.6. The summed E-state index contributed by atoms with van der Waals surface area (Å²) in [4.78, 5) is 0. The van der Waals surface area contributed by atoms with Crippen molar-refractivity contribution >= 4 is 0 Å². The van der Waals surface area contributed by atoms with E-state index in [4.69, 9.17) is 0 Å². The van der Waals surface area contributed by atoms with Gasteiger partial charge >= 0.3 is 0 Å². The summed E-state index contributed by atoms with van der Waals surface area (Å²) in [5, 5.41) is 0. The zero-order valence-corrected chi connectivity index (χ0v) is 20.1. The summed E-state index contributed by atoms with van der Waals surface area (Å²) in [6.45, 7) is 13.5. The minimum atomic E-state index is 0.00341. The summed E-state index contributed by atoms with van der Waals surface area (Å²) >= 11 is 0. The third-order valence-electron chi connectivity index (χ3n) is 5.86. The van der Waals surface area contributed by atoms with Gasteiger partial charge in [-0.1, -0.05) is 102 Å². The molecule has 0 fully saturated rings. The molecule has 0 aliphatic carbocycles. The topological polar surface area (TPSA) is 0 Å². The Morgan fingerprint density at radius 3 is 1.09 bits per heavy atom. The molecular weight excluding hydrogens is 384 g/mol. The van der Waals surface area contributed by atoms with Gasteiger partial charge in [-0.25, -0.2) is 0 Å². The lowest BCUT2D eigenvalue weighted by Gasteiger charge is -2.23. The molecule has 32 heavy (non-hydrogen) atoms. The van der Waals surface area contributed by atoms with Crippen molar-refractivity contribution in [1.82, 2.24) is 0 Å². The average molecular weight is 417 g/mol. The largest absolute Gasteiger partial charge is 0.0622 e. The molecule has 4 aromatic rings.